The molecule has 3 rings (SSSR count). The Kier molecular flexibility index (Phi) is 6.19. The highest BCUT2D eigenvalue weighted by Crippen LogP contribution is 2.23. The molecule has 0 saturated carbocycles. The molecule has 1 atom stereocenters. The number of anilines is 1. The van der Waals surface area contributed by atoms with Gasteiger partial charge in [-0.25, -0.2) is 8.42 Å². The second-order valence-electron chi connectivity index (χ2n) is 6.31. The van der Waals surface area contributed by atoms with Gasteiger partial charge in [0, 0.05) is 10.6 Å². The van der Waals surface area contributed by atoms with Crippen molar-refractivity contribution in [2.45, 2.75) is 19.5 Å². The van der Waals surface area contributed by atoms with Gasteiger partial charge in [0.25, 0.3) is 0 Å². The van der Waals surface area contributed by atoms with Gasteiger partial charge in [-0.2, -0.15) is 4.98 Å². The zero-order chi connectivity index (χ0) is 21.0. The van der Waals surface area contributed by atoms with Crippen molar-refractivity contribution in [2.24, 2.45) is 0 Å². The summed E-state index contributed by atoms with van der Waals surface area (Å²) in [6.07, 6.45) is 1.04. The Morgan fingerprint density at radius 1 is 1.17 bits per heavy atom. The lowest BCUT2D eigenvalue weighted by atomic mass is 10.2. The molecule has 0 bridgehead atoms. The van der Waals surface area contributed by atoms with E-state index in [1.165, 1.54) is 19.1 Å². The Bertz CT molecular complexity index is 1080. The van der Waals surface area contributed by atoms with Crippen LogP contribution >= 0.6 is 11.6 Å². The fraction of sp³-hybridized carbons (Fsp3) is 0.211. The summed E-state index contributed by atoms with van der Waals surface area (Å²) in [7, 11) is -3.71. The van der Waals surface area contributed by atoms with Crippen molar-refractivity contribution < 1.29 is 17.7 Å². The van der Waals surface area contributed by atoms with Crippen LogP contribution in [0.5, 0.6) is 0 Å². The maximum atomic E-state index is 12.6. The molecule has 2 aromatic carbocycles. The fourth-order valence-electron chi connectivity index (χ4n) is 2.74. The van der Waals surface area contributed by atoms with Crippen LogP contribution in [0.15, 0.2) is 59.1 Å². The van der Waals surface area contributed by atoms with E-state index in [1.54, 1.807) is 12.1 Å². The first-order valence-corrected chi connectivity index (χ1v) is 10.9. The second kappa shape index (κ2) is 8.62. The molecule has 0 saturated heterocycles. The number of hydrogen-bond donors (Lipinski definition) is 1. The zero-order valence-corrected chi connectivity index (χ0v) is 17.3. The van der Waals surface area contributed by atoms with Gasteiger partial charge in [-0.1, -0.05) is 47.1 Å². The number of nitrogens with zero attached hydrogens (tertiary/aromatic N) is 3. The highest BCUT2D eigenvalue weighted by molar-refractivity contribution is 7.92. The van der Waals surface area contributed by atoms with Crippen LogP contribution in [-0.2, 0) is 21.4 Å². The van der Waals surface area contributed by atoms with Crippen LogP contribution in [0.4, 0.5) is 5.69 Å². The summed E-state index contributed by atoms with van der Waals surface area (Å²) >= 11 is 5.87. The number of benzene rings is 2. The quantitative estimate of drug-likeness (QED) is 0.613. The molecular formula is C19H19ClN4O4S. The Hall–Kier alpha value is -2.91. The molecule has 1 N–H and O–H groups in total. The summed E-state index contributed by atoms with van der Waals surface area (Å²) in [6.45, 7) is 1.47. The van der Waals surface area contributed by atoms with Crippen molar-refractivity contribution >= 4 is 33.2 Å². The van der Waals surface area contributed by atoms with Crippen LogP contribution in [0, 0.1) is 0 Å². The molecule has 29 heavy (non-hydrogen) atoms. The Labute approximate surface area is 173 Å². The molecular weight excluding hydrogens is 416 g/mol. The third kappa shape index (κ3) is 5.12. The number of sulfonamides is 1. The van der Waals surface area contributed by atoms with Crippen molar-refractivity contribution in [2.75, 3.05) is 10.6 Å². The molecule has 1 aromatic heterocycles. The molecule has 3 aromatic rings. The van der Waals surface area contributed by atoms with E-state index >= 15 is 0 Å². The smallest absolute Gasteiger partial charge is 0.246 e. The summed E-state index contributed by atoms with van der Waals surface area (Å²) in [5.41, 5.74) is 1.12. The Balaban J connectivity index is 1.70. The van der Waals surface area contributed by atoms with Gasteiger partial charge in [-0.05, 0) is 31.2 Å². The predicted molar refractivity (Wildman–Crippen MR) is 110 cm³/mol. The van der Waals surface area contributed by atoms with Gasteiger partial charge in [0.15, 0.2) is 0 Å². The average Bonchev–Trinajstić information content (AvgIpc) is 3.16. The van der Waals surface area contributed by atoms with Gasteiger partial charge in [-0.3, -0.25) is 9.10 Å². The number of halogens is 1. The third-order valence-electron chi connectivity index (χ3n) is 4.08. The van der Waals surface area contributed by atoms with Crippen molar-refractivity contribution in [1.82, 2.24) is 15.5 Å². The van der Waals surface area contributed by atoms with Gasteiger partial charge in [0.05, 0.1) is 18.5 Å². The van der Waals surface area contributed by atoms with E-state index in [4.69, 9.17) is 16.1 Å². The van der Waals surface area contributed by atoms with Gasteiger partial charge in [0.2, 0.25) is 27.6 Å². The first-order valence-electron chi connectivity index (χ1n) is 8.66. The van der Waals surface area contributed by atoms with Crippen LogP contribution in [-0.4, -0.2) is 36.8 Å². The number of carbonyl (C=O) groups is 1. The summed E-state index contributed by atoms with van der Waals surface area (Å²) in [5.74, 6) is 0.105. The molecule has 0 spiro atoms. The van der Waals surface area contributed by atoms with Crippen molar-refractivity contribution in [3.63, 3.8) is 0 Å². The number of amides is 1. The number of aromatic nitrogens is 2. The topological polar surface area (TPSA) is 105 Å². The highest BCUT2D eigenvalue weighted by Gasteiger charge is 2.29. The molecule has 8 nitrogen and oxygen atoms in total. The van der Waals surface area contributed by atoms with E-state index in [0.29, 0.717) is 16.5 Å². The highest BCUT2D eigenvalue weighted by atomic mass is 35.5. The minimum absolute atomic E-state index is 0.0266. The van der Waals surface area contributed by atoms with E-state index in [-0.39, 0.29) is 12.4 Å². The molecule has 152 valence electrons. The molecule has 0 fully saturated rings. The van der Waals surface area contributed by atoms with Crippen LogP contribution in [0.3, 0.4) is 0 Å². The monoisotopic (exact) mass is 434 g/mol. The summed E-state index contributed by atoms with van der Waals surface area (Å²) in [6, 6.07) is 14.5. The maximum absolute atomic E-state index is 12.6. The fourth-order valence-corrected chi connectivity index (χ4v) is 4.04. The predicted octanol–water partition coefficient (Wildman–Crippen LogP) is 2.86. The number of rotatable bonds is 7. The lowest BCUT2D eigenvalue weighted by molar-refractivity contribution is -0.122. The largest absolute Gasteiger partial charge is 0.345 e. The lowest BCUT2D eigenvalue weighted by Gasteiger charge is -2.28. The van der Waals surface area contributed by atoms with E-state index in [0.717, 1.165) is 16.1 Å². The first-order chi connectivity index (χ1) is 13.8. The van der Waals surface area contributed by atoms with Crippen molar-refractivity contribution in [3.8, 4) is 11.4 Å². The van der Waals surface area contributed by atoms with Gasteiger partial charge in [0.1, 0.15) is 6.04 Å². The second-order valence-corrected chi connectivity index (χ2v) is 8.60. The lowest BCUT2D eigenvalue weighted by Crippen LogP contribution is -2.47. The summed E-state index contributed by atoms with van der Waals surface area (Å²) in [4.78, 5) is 16.8. The number of nitrogens with one attached hydrogen (secondary N) is 1. The minimum Gasteiger partial charge on any atom is -0.345 e. The third-order valence-corrected chi connectivity index (χ3v) is 5.58. The van der Waals surface area contributed by atoms with E-state index in [9.17, 15) is 13.2 Å². The molecule has 1 heterocycles. The standard InChI is InChI=1S/C19H19ClN4O4S/c1-13(24(29(2,26)27)16-10-8-15(20)9-11-16)19(25)21-12-17-22-18(23-28-17)14-6-4-3-5-7-14/h3-11,13H,12H2,1-2H3,(H,21,25). The average molecular weight is 435 g/mol. The van der Waals surface area contributed by atoms with Crippen molar-refractivity contribution in [1.29, 1.82) is 0 Å². The van der Waals surface area contributed by atoms with Gasteiger partial charge >= 0.3 is 0 Å². The Morgan fingerprint density at radius 2 is 1.83 bits per heavy atom. The number of hydrogen-bond acceptors (Lipinski definition) is 6. The van der Waals surface area contributed by atoms with Crippen LogP contribution < -0.4 is 9.62 Å². The van der Waals surface area contributed by atoms with Crippen LogP contribution in [0.2, 0.25) is 5.02 Å². The Morgan fingerprint density at radius 3 is 2.45 bits per heavy atom. The number of carbonyl (C=O) groups excluding carboxylic acids is 1. The van der Waals surface area contributed by atoms with Crippen LogP contribution in [0.1, 0.15) is 12.8 Å². The molecule has 0 aliphatic rings. The summed E-state index contributed by atoms with van der Waals surface area (Å²) < 4.78 is 30.7. The minimum atomic E-state index is -3.71. The normalized spacial score (nSPS) is 12.4. The van der Waals surface area contributed by atoms with Crippen molar-refractivity contribution in [3.05, 3.63) is 65.5 Å². The van der Waals surface area contributed by atoms with Gasteiger partial charge in [-0.15, -0.1) is 0 Å². The molecule has 1 amide bonds. The van der Waals surface area contributed by atoms with E-state index in [1.807, 2.05) is 30.3 Å². The molecule has 10 heteroatoms. The van der Waals surface area contributed by atoms with Gasteiger partial charge < -0.3 is 9.84 Å². The zero-order valence-electron chi connectivity index (χ0n) is 15.7. The maximum Gasteiger partial charge on any atom is 0.246 e. The molecule has 1 unspecified atom stereocenters. The molecule has 0 radical (unpaired) electrons. The molecule has 0 aliphatic heterocycles. The summed E-state index contributed by atoms with van der Waals surface area (Å²) in [5, 5.41) is 6.98. The molecule has 0 aliphatic carbocycles. The van der Waals surface area contributed by atoms with E-state index in [2.05, 4.69) is 15.5 Å². The van der Waals surface area contributed by atoms with E-state index < -0.39 is 22.0 Å². The SMILES string of the molecule is CC(C(=O)NCc1nc(-c2ccccc2)no1)N(c1ccc(Cl)cc1)S(C)(=O)=O. The van der Waals surface area contributed by atoms with Crippen LogP contribution in [0.25, 0.3) is 11.4 Å². The first kappa shape index (κ1) is 20.8.